The van der Waals surface area contributed by atoms with E-state index in [1.807, 2.05) is 6.08 Å². The van der Waals surface area contributed by atoms with Crippen molar-refractivity contribution in [1.29, 1.82) is 0 Å². The third-order valence-corrected chi connectivity index (χ3v) is 15.3. The van der Waals surface area contributed by atoms with Crippen molar-refractivity contribution in [2.75, 3.05) is 13.2 Å². The van der Waals surface area contributed by atoms with Gasteiger partial charge in [-0.2, -0.15) is 0 Å². The van der Waals surface area contributed by atoms with Crippen molar-refractivity contribution in [2.24, 2.45) is 0 Å². The molecule has 6 heteroatoms. The molecule has 0 rings (SSSR count). The standard InChI is InChI=1S/C65H127NO5/c1-3-5-7-9-11-13-15-39-43-47-51-55-59-65(70)71-60-56-52-48-44-40-36-34-32-30-28-26-24-22-20-18-16-17-19-21-23-25-27-29-31-33-35-38-42-46-50-54-58-64(69)66-62(61-67)63(68)57-53-49-45-41-37-14-12-10-8-6-4-2/h53,57,62-63,67-68H,3-52,54-56,58-61H2,1-2H3,(H,66,69)/b57-53+. The van der Waals surface area contributed by atoms with Crippen LogP contribution in [0.4, 0.5) is 0 Å². The van der Waals surface area contributed by atoms with Crippen LogP contribution in [0, 0.1) is 0 Å². The van der Waals surface area contributed by atoms with Crippen LogP contribution < -0.4 is 5.32 Å². The van der Waals surface area contributed by atoms with Gasteiger partial charge in [0.15, 0.2) is 0 Å². The maximum atomic E-state index is 12.4. The van der Waals surface area contributed by atoms with E-state index in [1.54, 1.807) is 6.08 Å². The molecule has 0 aliphatic heterocycles. The van der Waals surface area contributed by atoms with Crippen molar-refractivity contribution >= 4 is 11.9 Å². The Balaban J connectivity index is 3.31. The third-order valence-electron chi connectivity index (χ3n) is 15.3. The number of hydrogen-bond acceptors (Lipinski definition) is 5. The molecule has 0 fully saturated rings. The summed E-state index contributed by atoms with van der Waals surface area (Å²) in [7, 11) is 0. The Labute approximate surface area is 444 Å². The molecule has 71 heavy (non-hydrogen) atoms. The Kier molecular flexibility index (Phi) is 59.9. The molecule has 422 valence electrons. The Morgan fingerprint density at radius 3 is 0.958 bits per heavy atom. The number of hydrogen-bond donors (Lipinski definition) is 3. The fourth-order valence-electron chi connectivity index (χ4n) is 10.3. The first-order valence-corrected chi connectivity index (χ1v) is 32.5. The number of allylic oxidation sites excluding steroid dienone is 1. The topological polar surface area (TPSA) is 95.9 Å². The predicted octanol–water partition coefficient (Wildman–Crippen LogP) is 20.4. The number of carbonyl (C=O) groups excluding carboxylic acids is 2. The molecule has 0 aromatic rings. The minimum Gasteiger partial charge on any atom is -0.466 e. The summed E-state index contributed by atoms with van der Waals surface area (Å²) in [5.41, 5.74) is 0. The molecular formula is C65H127NO5. The Hall–Kier alpha value is -1.40. The Morgan fingerprint density at radius 1 is 0.380 bits per heavy atom. The number of ether oxygens (including phenoxy) is 1. The number of nitrogens with one attached hydrogen (secondary N) is 1. The zero-order valence-electron chi connectivity index (χ0n) is 48.2. The number of esters is 1. The summed E-state index contributed by atoms with van der Waals surface area (Å²) in [6.45, 7) is 4.92. The molecule has 3 N–H and O–H groups in total. The summed E-state index contributed by atoms with van der Waals surface area (Å²) in [5, 5.41) is 23.0. The molecule has 0 aromatic heterocycles. The summed E-state index contributed by atoms with van der Waals surface area (Å²) in [6.07, 6.45) is 74.3. The first-order valence-electron chi connectivity index (χ1n) is 32.5. The van der Waals surface area contributed by atoms with Crippen LogP contribution in [0.15, 0.2) is 12.2 Å². The average Bonchev–Trinajstić information content (AvgIpc) is 3.37. The highest BCUT2D eigenvalue weighted by atomic mass is 16.5. The number of carbonyl (C=O) groups is 2. The van der Waals surface area contributed by atoms with Gasteiger partial charge < -0.3 is 20.3 Å². The van der Waals surface area contributed by atoms with Gasteiger partial charge in [0.05, 0.1) is 25.4 Å². The van der Waals surface area contributed by atoms with Crippen molar-refractivity contribution < 1.29 is 24.5 Å². The van der Waals surface area contributed by atoms with E-state index in [2.05, 4.69) is 19.2 Å². The first-order chi connectivity index (χ1) is 35.0. The van der Waals surface area contributed by atoms with Crippen LogP contribution in [0.1, 0.15) is 367 Å². The molecule has 0 aliphatic rings. The predicted molar refractivity (Wildman–Crippen MR) is 310 cm³/mol. The lowest BCUT2D eigenvalue weighted by molar-refractivity contribution is -0.143. The monoisotopic (exact) mass is 1000 g/mol. The van der Waals surface area contributed by atoms with Gasteiger partial charge in [-0.3, -0.25) is 9.59 Å². The Bertz CT molecular complexity index is 1060. The van der Waals surface area contributed by atoms with E-state index >= 15 is 0 Å². The molecule has 6 nitrogen and oxygen atoms in total. The number of aliphatic hydroxyl groups is 2. The van der Waals surface area contributed by atoms with Gasteiger partial charge in [0.2, 0.25) is 5.91 Å². The van der Waals surface area contributed by atoms with E-state index in [9.17, 15) is 19.8 Å². The number of amides is 1. The van der Waals surface area contributed by atoms with E-state index in [-0.39, 0.29) is 18.5 Å². The molecule has 1 amide bonds. The van der Waals surface area contributed by atoms with Crippen LogP contribution >= 0.6 is 0 Å². The second-order valence-corrected chi connectivity index (χ2v) is 22.5. The number of rotatable bonds is 61. The minimum absolute atomic E-state index is 0.0215. The summed E-state index contributed by atoms with van der Waals surface area (Å²) in [6, 6.07) is -0.622. The van der Waals surface area contributed by atoms with Gasteiger partial charge in [0, 0.05) is 12.8 Å². The molecule has 0 saturated heterocycles. The van der Waals surface area contributed by atoms with Crippen molar-refractivity contribution in [1.82, 2.24) is 5.32 Å². The SMILES string of the molecule is CCCCCCCCCCC/C=C/C(O)C(CO)NC(=O)CCCCCCCCCCCCCCCCCCCCCCCCCCCCCCCCCOC(=O)CCCCCCCCCCCCCC. The molecule has 0 bridgehead atoms. The van der Waals surface area contributed by atoms with Gasteiger partial charge in [-0.25, -0.2) is 0 Å². The van der Waals surface area contributed by atoms with Gasteiger partial charge in [-0.1, -0.05) is 334 Å². The normalized spacial score (nSPS) is 12.6. The van der Waals surface area contributed by atoms with Crippen molar-refractivity contribution in [3.05, 3.63) is 12.2 Å². The van der Waals surface area contributed by atoms with Crippen LogP contribution in [-0.4, -0.2) is 47.4 Å². The first kappa shape index (κ1) is 69.6. The number of unbranched alkanes of at least 4 members (excludes halogenated alkanes) is 50. The third kappa shape index (κ3) is 57.7. The zero-order valence-corrected chi connectivity index (χ0v) is 48.2. The van der Waals surface area contributed by atoms with Crippen LogP contribution in [0.25, 0.3) is 0 Å². The summed E-state index contributed by atoms with van der Waals surface area (Å²) < 4.78 is 5.48. The van der Waals surface area contributed by atoms with E-state index < -0.39 is 12.1 Å². The van der Waals surface area contributed by atoms with Crippen LogP contribution in [0.3, 0.4) is 0 Å². The molecular weight excluding hydrogens is 875 g/mol. The lowest BCUT2D eigenvalue weighted by atomic mass is 10.0. The Morgan fingerprint density at radius 2 is 0.648 bits per heavy atom. The number of aliphatic hydroxyl groups excluding tert-OH is 2. The van der Waals surface area contributed by atoms with Gasteiger partial charge in [0.25, 0.3) is 0 Å². The van der Waals surface area contributed by atoms with Gasteiger partial charge in [0.1, 0.15) is 0 Å². The highest BCUT2D eigenvalue weighted by Gasteiger charge is 2.18. The van der Waals surface area contributed by atoms with Crippen LogP contribution in [0.5, 0.6) is 0 Å². The molecule has 2 unspecified atom stereocenters. The second-order valence-electron chi connectivity index (χ2n) is 22.5. The summed E-state index contributed by atoms with van der Waals surface area (Å²) >= 11 is 0. The minimum atomic E-state index is -0.839. The lowest BCUT2D eigenvalue weighted by Gasteiger charge is -2.20. The van der Waals surface area contributed by atoms with Gasteiger partial charge in [-0.15, -0.1) is 0 Å². The van der Waals surface area contributed by atoms with Crippen molar-refractivity contribution in [3.8, 4) is 0 Å². The van der Waals surface area contributed by atoms with Crippen molar-refractivity contribution in [3.63, 3.8) is 0 Å². The highest BCUT2D eigenvalue weighted by Crippen LogP contribution is 2.18. The van der Waals surface area contributed by atoms with E-state index in [4.69, 9.17) is 4.74 Å². The largest absolute Gasteiger partial charge is 0.466 e. The molecule has 0 heterocycles. The quantitative estimate of drug-likeness (QED) is 0.0320. The molecule has 0 saturated carbocycles. The highest BCUT2D eigenvalue weighted by molar-refractivity contribution is 5.76. The van der Waals surface area contributed by atoms with E-state index in [1.165, 1.54) is 302 Å². The average molecular weight is 1000 g/mol. The van der Waals surface area contributed by atoms with Gasteiger partial charge in [-0.05, 0) is 32.1 Å². The molecule has 0 spiro atoms. The van der Waals surface area contributed by atoms with Crippen molar-refractivity contribution in [2.45, 2.75) is 379 Å². The molecule has 2 atom stereocenters. The van der Waals surface area contributed by atoms with E-state index in [0.29, 0.717) is 19.4 Å². The fraction of sp³-hybridized carbons (Fsp3) is 0.938. The zero-order chi connectivity index (χ0) is 51.4. The maximum Gasteiger partial charge on any atom is 0.305 e. The lowest BCUT2D eigenvalue weighted by Crippen LogP contribution is -2.45. The van der Waals surface area contributed by atoms with E-state index in [0.717, 1.165) is 38.5 Å². The summed E-state index contributed by atoms with van der Waals surface area (Å²) in [4.78, 5) is 24.4. The molecule has 0 aliphatic carbocycles. The van der Waals surface area contributed by atoms with Crippen LogP contribution in [0.2, 0.25) is 0 Å². The maximum absolute atomic E-state index is 12.4. The molecule has 0 radical (unpaired) electrons. The molecule has 0 aromatic carbocycles. The smallest absolute Gasteiger partial charge is 0.305 e. The van der Waals surface area contributed by atoms with Crippen LogP contribution in [-0.2, 0) is 14.3 Å². The summed E-state index contributed by atoms with van der Waals surface area (Å²) in [5.74, 6) is -0.0418. The van der Waals surface area contributed by atoms with Gasteiger partial charge >= 0.3 is 5.97 Å². The second kappa shape index (κ2) is 61.1. The fourth-order valence-corrected chi connectivity index (χ4v) is 10.3.